The van der Waals surface area contributed by atoms with Crippen molar-refractivity contribution in [2.24, 2.45) is 5.92 Å². The van der Waals surface area contributed by atoms with E-state index in [2.05, 4.69) is 71.7 Å². The highest BCUT2D eigenvalue weighted by molar-refractivity contribution is 5.96. The van der Waals surface area contributed by atoms with Crippen LogP contribution in [0.1, 0.15) is 43.5 Å². The first-order valence-corrected chi connectivity index (χ1v) is 13.8. The van der Waals surface area contributed by atoms with Crippen molar-refractivity contribution in [3.8, 4) is 0 Å². The van der Waals surface area contributed by atoms with Crippen LogP contribution in [0.5, 0.6) is 0 Å². The normalized spacial score (nSPS) is 12.6. The number of anilines is 1. The maximum absolute atomic E-state index is 12.1. The molecule has 0 unspecified atom stereocenters. The number of aromatic amines is 1. The second-order valence-corrected chi connectivity index (χ2v) is 9.56. The van der Waals surface area contributed by atoms with Crippen LogP contribution in [0.2, 0.25) is 0 Å². The van der Waals surface area contributed by atoms with Crippen LogP contribution in [0.4, 0.5) is 5.69 Å². The Morgan fingerprint density at radius 1 is 0.949 bits per heavy atom. The first-order chi connectivity index (χ1) is 19.0. The van der Waals surface area contributed by atoms with Gasteiger partial charge in [0.05, 0.1) is 17.8 Å². The third-order valence-electron chi connectivity index (χ3n) is 6.19. The molecule has 5 rings (SSSR count). The number of H-pyrrole nitrogens is 1. The van der Waals surface area contributed by atoms with Crippen molar-refractivity contribution in [3.05, 3.63) is 95.7 Å². The highest BCUT2D eigenvalue weighted by atomic mass is 16.5. The molecule has 1 heterocycles. The molecule has 0 bridgehead atoms. The maximum atomic E-state index is 12.1. The molecule has 1 saturated carbocycles. The van der Waals surface area contributed by atoms with Gasteiger partial charge < -0.3 is 14.5 Å². The summed E-state index contributed by atoms with van der Waals surface area (Å²) in [5.41, 5.74) is 5.52. The third-order valence-corrected chi connectivity index (χ3v) is 6.19. The highest BCUT2D eigenvalue weighted by Gasteiger charge is 2.33. The first kappa shape index (κ1) is 29.8. The molecular formula is C33H42N4O2. The number of hydrogen-bond donors (Lipinski definition) is 1. The van der Waals surface area contributed by atoms with Crippen molar-refractivity contribution < 1.29 is 9.53 Å². The molecule has 0 aliphatic heterocycles. The number of hydrogen-bond acceptors (Lipinski definition) is 4. The van der Waals surface area contributed by atoms with Crippen molar-refractivity contribution in [1.82, 2.24) is 15.1 Å². The van der Waals surface area contributed by atoms with Gasteiger partial charge in [0.15, 0.2) is 0 Å². The lowest BCUT2D eigenvalue weighted by atomic mass is 10.1. The summed E-state index contributed by atoms with van der Waals surface area (Å²) in [5.74, 6) is 0.486. The van der Waals surface area contributed by atoms with Gasteiger partial charge in [0, 0.05) is 37.2 Å². The van der Waals surface area contributed by atoms with E-state index >= 15 is 0 Å². The second-order valence-electron chi connectivity index (χ2n) is 9.56. The van der Waals surface area contributed by atoms with Gasteiger partial charge in [0.2, 0.25) is 5.91 Å². The SMILES string of the molecule is CC.CN(C)Cc1ccc(/C=C/c2n[nH]c3ccccc23)cc1.COCCN(C(=O)C1CC1)c1ccccc1. The molecule has 3 aromatic carbocycles. The molecule has 0 radical (unpaired) electrons. The Balaban J connectivity index is 0.000000210. The van der Waals surface area contributed by atoms with Crippen molar-refractivity contribution >= 4 is 34.6 Å². The largest absolute Gasteiger partial charge is 0.383 e. The van der Waals surface area contributed by atoms with E-state index in [1.54, 1.807) is 7.11 Å². The average Bonchev–Trinajstić information content (AvgIpc) is 3.75. The fraction of sp³-hybridized carbons (Fsp3) is 0.333. The summed E-state index contributed by atoms with van der Waals surface area (Å²) in [7, 11) is 5.82. The van der Waals surface area contributed by atoms with Crippen LogP contribution in [0.25, 0.3) is 23.1 Å². The maximum Gasteiger partial charge on any atom is 0.230 e. The van der Waals surface area contributed by atoms with Gasteiger partial charge in [0.25, 0.3) is 0 Å². The summed E-state index contributed by atoms with van der Waals surface area (Å²) in [6.07, 6.45) is 6.23. The standard InChI is InChI=1S/C18H19N3.C13H17NO2.C2H6/c1-21(2)13-15-9-7-14(8-10-15)11-12-18-16-5-3-4-6-17(16)19-20-18;1-16-10-9-14(13(15)11-7-8-11)12-5-3-2-4-6-12;1-2/h3-12H,13H2,1-2H3,(H,19,20);2-6,11H,7-10H2,1H3;1-2H3/b12-11+;;. The number of amides is 1. The summed E-state index contributed by atoms with van der Waals surface area (Å²) in [6.45, 7) is 6.18. The van der Waals surface area contributed by atoms with Crippen LogP contribution in [0.3, 0.4) is 0 Å². The number of nitrogens with one attached hydrogen (secondary N) is 1. The quantitative estimate of drug-likeness (QED) is 0.258. The van der Waals surface area contributed by atoms with E-state index in [-0.39, 0.29) is 11.8 Å². The number of rotatable bonds is 9. The van der Waals surface area contributed by atoms with Crippen LogP contribution in [-0.4, -0.2) is 55.4 Å². The van der Waals surface area contributed by atoms with Crippen LogP contribution in [-0.2, 0) is 16.1 Å². The van der Waals surface area contributed by atoms with Gasteiger partial charge in [-0.3, -0.25) is 9.89 Å². The summed E-state index contributed by atoms with van der Waals surface area (Å²) >= 11 is 0. The van der Waals surface area contributed by atoms with Crippen molar-refractivity contribution in [2.75, 3.05) is 39.3 Å². The minimum atomic E-state index is 0.239. The van der Waals surface area contributed by atoms with Gasteiger partial charge in [-0.25, -0.2) is 0 Å². The van der Waals surface area contributed by atoms with Crippen LogP contribution >= 0.6 is 0 Å². The summed E-state index contributed by atoms with van der Waals surface area (Å²) < 4.78 is 5.05. The highest BCUT2D eigenvalue weighted by Crippen LogP contribution is 2.32. The number of aromatic nitrogens is 2. The zero-order valence-corrected chi connectivity index (χ0v) is 23.9. The zero-order chi connectivity index (χ0) is 28.0. The van der Waals surface area contributed by atoms with Gasteiger partial charge in [-0.2, -0.15) is 5.10 Å². The molecule has 1 aliphatic carbocycles. The Labute approximate surface area is 233 Å². The van der Waals surface area contributed by atoms with E-state index in [9.17, 15) is 4.79 Å². The van der Waals surface area contributed by atoms with Crippen LogP contribution in [0, 0.1) is 5.92 Å². The minimum Gasteiger partial charge on any atom is -0.383 e. The Morgan fingerprint density at radius 2 is 1.62 bits per heavy atom. The fourth-order valence-corrected chi connectivity index (χ4v) is 4.09. The first-order valence-electron chi connectivity index (χ1n) is 13.8. The molecule has 1 N–H and O–H groups in total. The number of benzene rings is 3. The molecule has 39 heavy (non-hydrogen) atoms. The number of carbonyl (C=O) groups excluding carboxylic acids is 1. The van der Waals surface area contributed by atoms with Crippen LogP contribution in [0.15, 0.2) is 78.9 Å². The molecular weight excluding hydrogens is 484 g/mol. The monoisotopic (exact) mass is 526 g/mol. The van der Waals surface area contributed by atoms with E-state index in [0.717, 1.165) is 41.7 Å². The summed E-state index contributed by atoms with van der Waals surface area (Å²) in [4.78, 5) is 16.1. The number of fused-ring (bicyclic) bond motifs is 1. The van der Waals surface area contributed by atoms with E-state index in [4.69, 9.17) is 4.74 Å². The molecule has 1 fully saturated rings. The molecule has 1 aliphatic rings. The van der Waals surface area contributed by atoms with Gasteiger partial charge in [-0.15, -0.1) is 0 Å². The Kier molecular flexibility index (Phi) is 11.9. The second kappa shape index (κ2) is 15.6. The fourth-order valence-electron chi connectivity index (χ4n) is 4.09. The Hall–Kier alpha value is -3.74. The Bertz CT molecular complexity index is 1290. The lowest BCUT2D eigenvalue weighted by Crippen LogP contribution is -2.34. The van der Waals surface area contributed by atoms with E-state index in [1.165, 1.54) is 11.1 Å². The Morgan fingerprint density at radius 3 is 2.26 bits per heavy atom. The predicted molar refractivity (Wildman–Crippen MR) is 164 cm³/mol. The third kappa shape index (κ3) is 9.20. The number of nitrogens with zero attached hydrogens (tertiary/aromatic N) is 3. The predicted octanol–water partition coefficient (Wildman–Crippen LogP) is 6.90. The summed E-state index contributed by atoms with van der Waals surface area (Å²) in [5, 5.41) is 8.55. The molecule has 4 aromatic rings. The van der Waals surface area contributed by atoms with Gasteiger partial charge in [-0.1, -0.05) is 80.6 Å². The summed E-state index contributed by atoms with van der Waals surface area (Å²) in [6, 6.07) is 26.6. The molecule has 0 saturated heterocycles. The lowest BCUT2D eigenvalue weighted by molar-refractivity contribution is -0.119. The molecule has 6 nitrogen and oxygen atoms in total. The van der Waals surface area contributed by atoms with Gasteiger partial charge in [-0.05, 0) is 62.3 Å². The molecule has 0 spiro atoms. The van der Waals surface area contributed by atoms with Crippen molar-refractivity contribution in [3.63, 3.8) is 0 Å². The smallest absolute Gasteiger partial charge is 0.230 e. The lowest BCUT2D eigenvalue weighted by Gasteiger charge is -2.22. The van der Waals surface area contributed by atoms with E-state index < -0.39 is 0 Å². The molecule has 6 heteroatoms. The zero-order valence-electron chi connectivity index (χ0n) is 23.9. The average molecular weight is 527 g/mol. The number of para-hydroxylation sites is 2. The van der Waals surface area contributed by atoms with Gasteiger partial charge in [0.1, 0.15) is 0 Å². The molecule has 1 amide bonds. The van der Waals surface area contributed by atoms with Gasteiger partial charge >= 0.3 is 0 Å². The van der Waals surface area contributed by atoms with Crippen molar-refractivity contribution in [1.29, 1.82) is 0 Å². The van der Waals surface area contributed by atoms with E-state index in [1.807, 2.05) is 67.3 Å². The number of methoxy groups -OCH3 is 1. The van der Waals surface area contributed by atoms with Crippen LogP contribution < -0.4 is 4.90 Å². The molecule has 0 atom stereocenters. The van der Waals surface area contributed by atoms with E-state index in [0.29, 0.717) is 13.2 Å². The number of ether oxygens (including phenoxy) is 1. The van der Waals surface area contributed by atoms with Crippen molar-refractivity contribution in [2.45, 2.75) is 33.2 Å². The topological polar surface area (TPSA) is 61.5 Å². The number of carbonyl (C=O) groups is 1. The molecule has 1 aromatic heterocycles. The minimum absolute atomic E-state index is 0.239. The molecule has 206 valence electrons.